The molecule has 13 heteroatoms. The molecule has 53 heavy (non-hydrogen) atoms. The molecule has 0 saturated carbocycles. The van der Waals surface area contributed by atoms with Gasteiger partial charge in [0, 0.05) is 75.9 Å². The molecule has 0 fully saturated rings. The Bertz CT molecular complexity index is 1810. The van der Waals surface area contributed by atoms with E-state index in [1.54, 1.807) is 0 Å². The Balaban J connectivity index is 0.000000255. The fourth-order valence-electron chi connectivity index (χ4n) is 5.70. The summed E-state index contributed by atoms with van der Waals surface area (Å²) in [6, 6.07) is 33.1. The SMILES string of the molecule is CNC(=S)N(C)CCCNc1c2ccccc2nc2ccccc12.CNC(=S)N(C)CCCNc1c2ccccc2nc2ccccc12.[NH-]CC[NH-].[Pt+2]. The predicted octanol–water partition coefficient (Wildman–Crippen LogP) is 8.34. The van der Waals surface area contributed by atoms with Crippen LogP contribution >= 0.6 is 24.4 Å². The van der Waals surface area contributed by atoms with Crippen molar-refractivity contribution in [2.24, 2.45) is 0 Å². The first-order valence-electron chi connectivity index (χ1n) is 17.5. The van der Waals surface area contributed by atoms with Gasteiger partial charge in [-0.05, 0) is 61.5 Å². The molecule has 6 rings (SSSR count). The summed E-state index contributed by atoms with van der Waals surface area (Å²) < 4.78 is 0. The molecule has 4 aromatic carbocycles. The van der Waals surface area contributed by atoms with Gasteiger partial charge in [-0.3, -0.25) is 0 Å². The molecule has 282 valence electrons. The van der Waals surface area contributed by atoms with E-state index in [9.17, 15) is 0 Å². The van der Waals surface area contributed by atoms with Gasteiger partial charge >= 0.3 is 21.1 Å². The van der Waals surface area contributed by atoms with Gasteiger partial charge in [0.15, 0.2) is 10.2 Å². The van der Waals surface area contributed by atoms with Crippen molar-refractivity contribution in [3.63, 3.8) is 0 Å². The van der Waals surface area contributed by atoms with Crippen molar-refractivity contribution in [1.29, 1.82) is 0 Å². The fourth-order valence-corrected chi connectivity index (χ4v) is 5.89. The van der Waals surface area contributed by atoms with E-state index < -0.39 is 0 Å². The number of nitrogens with one attached hydrogen (secondary N) is 6. The van der Waals surface area contributed by atoms with Crippen molar-refractivity contribution in [3.8, 4) is 0 Å². The average Bonchev–Trinajstić information content (AvgIpc) is 3.19. The van der Waals surface area contributed by atoms with Gasteiger partial charge in [-0.2, -0.15) is 13.1 Å². The third kappa shape index (κ3) is 12.2. The third-order valence-electron chi connectivity index (χ3n) is 8.37. The Morgan fingerprint density at radius 3 is 1.09 bits per heavy atom. The molecular formula is C40H50N10PtS2. The molecule has 6 aromatic rings. The number of pyridine rings is 2. The minimum Gasteiger partial charge on any atom is -0.679 e. The van der Waals surface area contributed by atoms with Gasteiger partial charge in [0.05, 0.1) is 33.4 Å². The molecule has 2 aromatic heterocycles. The molecule has 0 aliphatic carbocycles. The first-order chi connectivity index (χ1) is 25.3. The maximum absolute atomic E-state index is 6.26. The Kier molecular flexibility index (Phi) is 18.6. The summed E-state index contributed by atoms with van der Waals surface area (Å²) in [4.78, 5) is 13.6. The summed E-state index contributed by atoms with van der Waals surface area (Å²) in [7, 11) is 7.73. The molecule has 0 aliphatic rings. The zero-order valence-corrected chi connectivity index (χ0v) is 34.7. The van der Waals surface area contributed by atoms with Crippen molar-refractivity contribution in [2.45, 2.75) is 12.8 Å². The van der Waals surface area contributed by atoms with E-state index in [0.29, 0.717) is 0 Å². The minimum atomic E-state index is 0. The first-order valence-corrected chi connectivity index (χ1v) is 18.3. The van der Waals surface area contributed by atoms with Crippen molar-refractivity contribution in [2.75, 3.05) is 78.1 Å². The summed E-state index contributed by atoms with van der Waals surface area (Å²) >= 11 is 10.5. The van der Waals surface area contributed by atoms with Crippen LogP contribution in [0.3, 0.4) is 0 Å². The van der Waals surface area contributed by atoms with E-state index in [1.165, 1.54) is 0 Å². The van der Waals surface area contributed by atoms with Crippen LogP contribution in [-0.4, -0.2) is 97.5 Å². The monoisotopic (exact) mass is 929 g/mol. The van der Waals surface area contributed by atoms with Crippen LogP contribution in [0.1, 0.15) is 12.8 Å². The number of anilines is 2. The standard InChI is InChI=1S/2C19H22N4S.C2H6N2.Pt/c2*1-20-19(24)23(2)13-7-12-21-18-14-8-3-5-10-16(14)22-17-11-6-4-9-15(17)18;3-1-2-4;/h2*3-6,8-11H,7,12-13H2,1-2H3,(H,20,24)(H,21,22);3-4H,1-2H2;/q;;-2;+2. The summed E-state index contributed by atoms with van der Waals surface area (Å²) in [5.41, 5.74) is 18.9. The molecule has 0 atom stereocenters. The number of thiocarbonyl (C=S) groups is 2. The van der Waals surface area contributed by atoms with Crippen LogP contribution in [0.4, 0.5) is 11.4 Å². The number of benzene rings is 4. The number of aromatic nitrogens is 2. The van der Waals surface area contributed by atoms with Gasteiger partial charge < -0.3 is 42.5 Å². The van der Waals surface area contributed by atoms with Gasteiger partial charge in [0.25, 0.3) is 0 Å². The van der Waals surface area contributed by atoms with Crippen LogP contribution in [-0.2, 0) is 21.1 Å². The zero-order chi connectivity index (χ0) is 37.3. The second-order valence-corrected chi connectivity index (χ2v) is 12.8. The Morgan fingerprint density at radius 2 is 0.830 bits per heavy atom. The molecule has 0 aliphatic heterocycles. The van der Waals surface area contributed by atoms with Gasteiger partial charge in [-0.15, -0.1) is 0 Å². The van der Waals surface area contributed by atoms with Crippen molar-refractivity contribution >= 4 is 89.6 Å². The Hall–Kier alpha value is -4.19. The smallest absolute Gasteiger partial charge is 0.679 e. The molecule has 0 amide bonds. The number of rotatable bonds is 11. The zero-order valence-electron chi connectivity index (χ0n) is 30.8. The number of fused-ring (bicyclic) bond motifs is 4. The molecule has 0 bridgehead atoms. The van der Waals surface area contributed by atoms with E-state index in [0.717, 1.165) is 104 Å². The van der Waals surface area contributed by atoms with Crippen LogP contribution in [0.2, 0.25) is 0 Å². The van der Waals surface area contributed by atoms with Gasteiger partial charge in [0.1, 0.15) is 0 Å². The molecule has 0 radical (unpaired) electrons. The van der Waals surface area contributed by atoms with E-state index in [1.807, 2.05) is 52.5 Å². The maximum Gasteiger partial charge on any atom is 2.00 e. The van der Waals surface area contributed by atoms with Crippen molar-refractivity contribution in [1.82, 2.24) is 30.4 Å². The summed E-state index contributed by atoms with van der Waals surface area (Å²) in [6.45, 7) is 4.06. The average molecular weight is 930 g/mol. The predicted molar refractivity (Wildman–Crippen MR) is 232 cm³/mol. The quantitative estimate of drug-likeness (QED) is 0.0573. The third-order valence-corrected chi connectivity index (χ3v) is 9.40. The molecule has 2 heterocycles. The van der Waals surface area contributed by atoms with E-state index >= 15 is 0 Å². The normalized spacial score (nSPS) is 10.3. The summed E-state index contributed by atoms with van der Waals surface area (Å²) in [5.74, 6) is 0. The van der Waals surface area contributed by atoms with E-state index in [-0.39, 0.29) is 34.2 Å². The second kappa shape index (κ2) is 22.8. The topological polar surface area (TPSA) is 128 Å². The largest absolute Gasteiger partial charge is 2.00 e. The van der Waals surface area contributed by atoms with Crippen LogP contribution in [0, 0.1) is 0 Å². The molecule has 10 nitrogen and oxygen atoms in total. The molecule has 0 spiro atoms. The van der Waals surface area contributed by atoms with Crippen molar-refractivity contribution in [3.05, 3.63) is 109 Å². The van der Waals surface area contributed by atoms with Gasteiger partial charge in [-0.1, -0.05) is 72.8 Å². The van der Waals surface area contributed by atoms with Gasteiger partial charge in [0.2, 0.25) is 0 Å². The van der Waals surface area contributed by atoms with Crippen molar-refractivity contribution < 1.29 is 21.1 Å². The number of hydrogen-bond acceptors (Lipinski definition) is 6. The Morgan fingerprint density at radius 1 is 0.547 bits per heavy atom. The van der Waals surface area contributed by atoms with E-state index in [4.69, 9.17) is 45.9 Å². The first kappa shape index (κ1) is 43.2. The number of nitrogens with zero attached hydrogens (tertiary/aromatic N) is 4. The number of hydrogen-bond donors (Lipinski definition) is 4. The molecular weight excluding hydrogens is 880 g/mol. The summed E-state index contributed by atoms with van der Waals surface area (Å²) in [6.07, 6.45) is 2.01. The van der Waals surface area contributed by atoms with Crippen LogP contribution in [0.5, 0.6) is 0 Å². The maximum atomic E-state index is 6.26. The van der Waals surface area contributed by atoms with Gasteiger partial charge in [-0.25, -0.2) is 9.97 Å². The van der Waals surface area contributed by atoms with E-state index in [2.05, 4.69) is 104 Å². The molecule has 0 unspecified atom stereocenters. The molecule has 6 N–H and O–H groups in total. The van der Waals surface area contributed by atoms with Crippen LogP contribution in [0.15, 0.2) is 97.1 Å². The summed E-state index contributed by atoms with van der Waals surface area (Å²) in [5, 5.41) is 19.4. The second-order valence-electron chi connectivity index (χ2n) is 12.1. The van der Waals surface area contributed by atoms with Crippen LogP contribution < -0.4 is 21.3 Å². The van der Waals surface area contributed by atoms with Crippen LogP contribution in [0.25, 0.3) is 55.1 Å². The number of para-hydroxylation sites is 4. The molecule has 0 saturated heterocycles. The Labute approximate surface area is 338 Å². The minimum absolute atomic E-state index is 0. The fraction of sp³-hybridized carbons (Fsp3) is 0.300.